The Morgan fingerprint density at radius 1 is 1.56 bits per heavy atom. The predicted octanol–water partition coefficient (Wildman–Crippen LogP) is 2.08. The van der Waals surface area contributed by atoms with Crippen molar-refractivity contribution in [2.24, 2.45) is 0 Å². The summed E-state index contributed by atoms with van der Waals surface area (Å²) in [4.78, 5) is 4.12. The largest absolute Gasteiger partial charge is 0.339 e. The smallest absolute Gasteiger partial charge is 0.248 e. The number of rotatable bonds is 3. The highest BCUT2D eigenvalue weighted by atomic mass is 19.3. The van der Waals surface area contributed by atoms with Gasteiger partial charge in [-0.2, -0.15) is 4.98 Å². The molecule has 1 fully saturated rings. The van der Waals surface area contributed by atoms with Crippen molar-refractivity contribution in [1.82, 2.24) is 15.5 Å². The lowest BCUT2D eigenvalue weighted by Gasteiger charge is -2.26. The van der Waals surface area contributed by atoms with Gasteiger partial charge in [0.05, 0.1) is 6.54 Å². The number of nitrogens with one attached hydrogen (secondary N) is 1. The van der Waals surface area contributed by atoms with Gasteiger partial charge in [-0.3, -0.25) is 0 Å². The van der Waals surface area contributed by atoms with Crippen LogP contribution in [0.4, 0.5) is 8.78 Å². The standard InChI is InChI=1S/C10H15F2N3O/c1-13-6-8-14-9(16-15-8)7-3-2-4-10(11,12)5-7/h7,13H,2-6H2,1H3. The van der Waals surface area contributed by atoms with E-state index in [1.165, 1.54) is 0 Å². The monoisotopic (exact) mass is 231 g/mol. The van der Waals surface area contributed by atoms with Gasteiger partial charge in [-0.1, -0.05) is 5.16 Å². The normalized spacial score (nSPS) is 24.6. The molecule has 1 aromatic rings. The second-order valence-corrected chi connectivity index (χ2v) is 4.23. The predicted molar refractivity (Wildman–Crippen MR) is 53.2 cm³/mol. The zero-order chi connectivity index (χ0) is 11.6. The van der Waals surface area contributed by atoms with Crippen molar-refractivity contribution in [1.29, 1.82) is 0 Å². The van der Waals surface area contributed by atoms with Gasteiger partial charge in [0.25, 0.3) is 0 Å². The molecule has 1 atom stereocenters. The summed E-state index contributed by atoms with van der Waals surface area (Å²) in [5.41, 5.74) is 0. The lowest BCUT2D eigenvalue weighted by atomic mass is 9.86. The van der Waals surface area contributed by atoms with Crippen molar-refractivity contribution in [3.63, 3.8) is 0 Å². The number of nitrogens with zero attached hydrogens (tertiary/aromatic N) is 2. The van der Waals surface area contributed by atoms with Crippen LogP contribution in [0.2, 0.25) is 0 Å². The number of hydrogen-bond donors (Lipinski definition) is 1. The van der Waals surface area contributed by atoms with Gasteiger partial charge in [0, 0.05) is 18.8 Å². The van der Waals surface area contributed by atoms with Crippen LogP contribution in [0.1, 0.15) is 43.3 Å². The molecule has 6 heteroatoms. The van der Waals surface area contributed by atoms with Crippen molar-refractivity contribution in [2.45, 2.75) is 44.1 Å². The number of halogens is 2. The summed E-state index contributed by atoms with van der Waals surface area (Å²) in [6.07, 6.45) is 1.02. The minimum Gasteiger partial charge on any atom is -0.339 e. The summed E-state index contributed by atoms with van der Waals surface area (Å²) >= 11 is 0. The molecule has 0 radical (unpaired) electrons. The Hall–Kier alpha value is -1.04. The molecule has 0 aromatic carbocycles. The lowest BCUT2D eigenvalue weighted by molar-refractivity contribution is -0.0440. The Bertz CT molecular complexity index is 354. The maximum absolute atomic E-state index is 13.2. The Morgan fingerprint density at radius 3 is 3.06 bits per heavy atom. The van der Waals surface area contributed by atoms with E-state index in [0.29, 0.717) is 31.1 Å². The molecule has 0 spiro atoms. The fourth-order valence-electron chi connectivity index (χ4n) is 2.05. The summed E-state index contributed by atoms with van der Waals surface area (Å²) in [6, 6.07) is 0. The Kier molecular flexibility index (Phi) is 3.18. The number of aromatic nitrogens is 2. The first-order chi connectivity index (χ1) is 7.61. The molecule has 1 N–H and O–H groups in total. The fourth-order valence-corrected chi connectivity index (χ4v) is 2.05. The summed E-state index contributed by atoms with van der Waals surface area (Å²) in [6.45, 7) is 0.493. The van der Waals surface area contributed by atoms with E-state index >= 15 is 0 Å². The van der Waals surface area contributed by atoms with Crippen LogP contribution in [0.5, 0.6) is 0 Å². The zero-order valence-corrected chi connectivity index (χ0v) is 9.17. The van der Waals surface area contributed by atoms with Crippen molar-refractivity contribution in [3.05, 3.63) is 11.7 Å². The van der Waals surface area contributed by atoms with Gasteiger partial charge in [0.15, 0.2) is 5.82 Å². The Morgan fingerprint density at radius 2 is 2.38 bits per heavy atom. The molecule has 0 aliphatic heterocycles. The van der Waals surface area contributed by atoms with Gasteiger partial charge in [-0.25, -0.2) is 8.78 Å². The highest BCUT2D eigenvalue weighted by Crippen LogP contribution is 2.41. The second kappa shape index (κ2) is 4.45. The summed E-state index contributed by atoms with van der Waals surface area (Å²) < 4.78 is 31.4. The van der Waals surface area contributed by atoms with Crippen LogP contribution >= 0.6 is 0 Å². The molecule has 1 aliphatic rings. The van der Waals surface area contributed by atoms with E-state index < -0.39 is 5.92 Å². The minimum atomic E-state index is -2.58. The molecule has 1 heterocycles. The topological polar surface area (TPSA) is 51.0 Å². The van der Waals surface area contributed by atoms with Crippen LogP contribution in [-0.4, -0.2) is 23.1 Å². The van der Waals surface area contributed by atoms with Crippen molar-refractivity contribution < 1.29 is 13.3 Å². The van der Waals surface area contributed by atoms with Crippen LogP contribution in [0.25, 0.3) is 0 Å². The average molecular weight is 231 g/mol. The number of alkyl halides is 2. The van der Waals surface area contributed by atoms with Gasteiger partial charge in [-0.05, 0) is 19.9 Å². The minimum absolute atomic E-state index is 0.0268. The van der Waals surface area contributed by atoms with Gasteiger partial charge in [0.2, 0.25) is 11.8 Å². The Labute approximate surface area is 92.4 Å². The summed E-state index contributed by atoms with van der Waals surface area (Å²) in [5, 5.41) is 6.62. The van der Waals surface area contributed by atoms with E-state index in [9.17, 15) is 8.78 Å². The van der Waals surface area contributed by atoms with E-state index in [0.717, 1.165) is 0 Å². The van der Waals surface area contributed by atoms with Crippen LogP contribution in [0, 0.1) is 0 Å². The summed E-state index contributed by atoms with van der Waals surface area (Å²) in [7, 11) is 1.77. The lowest BCUT2D eigenvalue weighted by Crippen LogP contribution is -2.25. The van der Waals surface area contributed by atoms with E-state index in [4.69, 9.17) is 4.52 Å². The van der Waals surface area contributed by atoms with Crippen molar-refractivity contribution in [3.8, 4) is 0 Å². The molecular formula is C10H15F2N3O. The highest BCUT2D eigenvalue weighted by molar-refractivity contribution is 4.98. The molecule has 0 saturated heterocycles. The maximum Gasteiger partial charge on any atom is 0.248 e. The molecule has 1 unspecified atom stereocenters. The maximum atomic E-state index is 13.2. The third kappa shape index (κ3) is 2.55. The van der Waals surface area contributed by atoms with Gasteiger partial charge in [0.1, 0.15) is 0 Å². The first kappa shape index (κ1) is 11.4. The van der Waals surface area contributed by atoms with Crippen molar-refractivity contribution >= 4 is 0 Å². The van der Waals surface area contributed by atoms with Gasteiger partial charge in [-0.15, -0.1) is 0 Å². The molecule has 0 bridgehead atoms. The average Bonchev–Trinajstić information content (AvgIpc) is 2.65. The highest BCUT2D eigenvalue weighted by Gasteiger charge is 2.38. The quantitative estimate of drug-likeness (QED) is 0.865. The van der Waals surface area contributed by atoms with Gasteiger partial charge < -0.3 is 9.84 Å². The number of hydrogen-bond acceptors (Lipinski definition) is 4. The molecule has 1 aliphatic carbocycles. The molecular weight excluding hydrogens is 216 g/mol. The molecule has 16 heavy (non-hydrogen) atoms. The van der Waals surface area contributed by atoms with Crippen LogP contribution in [0.3, 0.4) is 0 Å². The molecule has 1 saturated carbocycles. The first-order valence-electron chi connectivity index (χ1n) is 5.45. The molecule has 1 aromatic heterocycles. The van der Waals surface area contributed by atoms with Crippen molar-refractivity contribution in [2.75, 3.05) is 7.05 Å². The zero-order valence-electron chi connectivity index (χ0n) is 9.17. The fraction of sp³-hybridized carbons (Fsp3) is 0.800. The van der Waals surface area contributed by atoms with Crippen LogP contribution < -0.4 is 5.32 Å². The van der Waals surface area contributed by atoms with E-state index in [2.05, 4.69) is 15.5 Å². The molecule has 90 valence electrons. The third-order valence-electron chi connectivity index (χ3n) is 2.81. The van der Waals surface area contributed by atoms with E-state index in [1.54, 1.807) is 7.05 Å². The third-order valence-corrected chi connectivity index (χ3v) is 2.81. The van der Waals surface area contributed by atoms with Gasteiger partial charge >= 0.3 is 0 Å². The van der Waals surface area contributed by atoms with E-state index in [-0.39, 0.29) is 18.8 Å². The Balaban J connectivity index is 2.05. The molecule has 4 nitrogen and oxygen atoms in total. The molecule has 0 amide bonds. The summed E-state index contributed by atoms with van der Waals surface area (Å²) in [5.74, 6) is -2.00. The van der Waals surface area contributed by atoms with E-state index in [1.807, 2.05) is 0 Å². The second-order valence-electron chi connectivity index (χ2n) is 4.23. The first-order valence-corrected chi connectivity index (χ1v) is 5.45. The molecule has 2 rings (SSSR count). The SMILES string of the molecule is CNCc1noc(C2CCCC(F)(F)C2)n1. The van der Waals surface area contributed by atoms with Crippen LogP contribution in [-0.2, 0) is 6.54 Å². The van der Waals surface area contributed by atoms with Crippen LogP contribution in [0.15, 0.2) is 4.52 Å².